The summed E-state index contributed by atoms with van der Waals surface area (Å²) in [6, 6.07) is 5.10. The van der Waals surface area contributed by atoms with Gasteiger partial charge in [-0.25, -0.2) is 0 Å². The van der Waals surface area contributed by atoms with Gasteiger partial charge in [0.1, 0.15) is 0 Å². The van der Waals surface area contributed by atoms with Gasteiger partial charge in [-0.3, -0.25) is 0 Å². The first-order valence-electron chi connectivity index (χ1n) is 5.25. The van der Waals surface area contributed by atoms with E-state index in [9.17, 15) is 5.11 Å². The van der Waals surface area contributed by atoms with Crippen LogP contribution in [0.15, 0.2) is 30.9 Å². The Kier molecular flexibility index (Phi) is 4.33. The second kappa shape index (κ2) is 5.62. The van der Waals surface area contributed by atoms with Gasteiger partial charge in [-0.1, -0.05) is 0 Å². The first-order valence-corrected chi connectivity index (χ1v) is 7.72. The molecule has 0 saturated heterocycles. The van der Waals surface area contributed by atoms with Crippen molar-refractivity contribution < 1.29 is 5.11 Å². The van der Waals surface area contributed by atoms with Gasteiger partial charge in [0, 0.05) is 0 Å². The minimum atomic E-state index is -1.06. The fraction of sp³-hybridized carbons (Fsp3) is 0.273. The van der Waals surface area contributed by atoms with Gasteiger partial charge in [0.15, 0.2) is 0 Å². The van der Waals surface area contributed by atoms with Crippen LogP contribution < -0.4 is 0 Å². The third-order valence-electron chi connectivity index (χ3n) is 2.66. The normalized spacial score (nSPS) is 14.4. The van der Waals surface area contributed by atoms with Crippen molar-refractivity contribution in [2.45, 2.75) is 17.4 Å². The molecule has 0 saturated carbocycles. The van der Waals surface area contributed by atoms with Crippen LogP contribution in [0.1, 0.15) is 5.56 Å². The van der Waals surface area contributed by atoms with E-state index in [4.69, 9.17) is 23.2 Å². The molecule has 0 aliphatic rings. The van der Waals surface area contributed by atoms with Crippen LogP contribution in [0.4, 0.5) is 0 Å². The molecule has 0 fully saturated rings. The first kappa shape index (κ1) is 13.9. The molecule has 0 aliphatic carbocycles. The van der Waals surface area contributed by atoms with Gasteiger partial charge in [-0.05, 0) is 0 Å². The number of aliphatic hydroxyl groups is 1. The fourth-order valence-corrected chi connectivity index (χ4v) is 3.03. The molecule has 1 aromatic heterocycles. The molecular weight excluding hydrogens is 336 g/mol. The molecule has 7 heteroatoms. The van der Waals surface area contributed by atoms with E-state index < -0.39 is 5.60 Å². The van der Waals surface area contributed by atoms with Crippen LogP contribution >= 0.6 is 23.2 Å². The van der Waals surface area contributed by atoms with Crippen molar-refractivity contribution in [2.75, 3.05) is 0 Å². The molecule has 0 radical (unpaired) electrons. The number of hydrogen-bond acceptors (Lipinski definition) is 3. The summed E-state index contributed by atoms with van der Waals surface area (Å²) in [5.74, 6) is 0. The molecule has 1 N–H and O–H groups in total. The van der Waals surface area contributed by atoms with Gasteiger partial charge in [-0.15, -0.1) is 0 Å². The quantitative estimate of drug-likeness (QED) is 0.853. The minimum absolute atomic E-state index is 0.312. The van der Waals surface area contributed by atoms with E-state index in [1.807, 2.05) is 0 Å². The molecule has 0 aliphatic heterocycles. The third kappa shape index (κ3) is 2.89. The zero-order chi connectivity index (χ0) is 13.2. The van der Waals surface area contributed by atoms with Crippen LogP contribution in [0.2, 0.25) is 15.3 Å². The standard InChI is InChI=1S/C11H12AsCl2N3O/c12-4-11(18,5-17-7-15-6-16-17)9-2-1-8(13)3-10(9)14/h1-3,6-7,18H,4-5,12H2. The Bertz CT molecular complexity index is 535. The van der Waals surface area contributed by atoms with Crippen molar-refractivity contribution in [3.63, 3.8) is 0 Å². The molecule has 0 bridgehead atoms. The molecule has 18 heavy (non-hydrogen) atoms. The van der Waals surface area contributed by atoms with Crippen molar-refractivity contribution in [1.29, 1.82) is 0 Å². The molecular formula is C11H12AsCl2N3O. The van der Waals surface area contributed by atoms with E-state index in [0.717, 1.165) is 0 Å². The van der Waals surface area contributed by atoms with Crippen LogP contribution in [0.25, 0.3) is 0 Å². The van der Waals surface area contributed by atoms with Gasteiger partial charge < -0.3 is 0 Å². The number of hydrogen-bond donors (Lipinski definition) is 1. The molecule has 1 heterocycles. The monoisotopic (exact) mass is 347 g/mol. The Balaban J connectivity index is 2.36. The van der Waals surface area contributed by atoms with Crippen LogP contribution in [0.5, 0.6) is 0 Å². The molecule has 2 unspecified atom stereocenters. The predicted molar refractivity (Wildman–Crippen MR) is 73.7 cm³/mol. The Hall–Kier alpha value is -0.542. The second-order valence-electron chi connectivity index (χ2n) is 3.95. The van der Waals surface area contributed by atoms with E-state index in [1.54, 1.807) is 29.2 Å². The van der Waals surface area contributed by atoms with E-state index in [-0.39, 0.29) is 0 Å². The van der Waals surface area contributed by atoms with Gasteiger partial charge in [0.25, 0.3) is 0 Å². The molecule has 0 amide bonds. The predicted octanol–water partition coefficient (Wildman–Crippen LogP) is 1.52. The van der Waals surface area contributed by atoms with Crippen molar-refractivity contribution in [1.82, 2.24) is 14.8 Å². The number of benzene rings is 1. The number of aromatic nitrogens is 3. The summed E-state index contributed by atoms with van der Waals surface area (Å²) >= 11 is 13.4. The fourth-order valence-electron chi connectivity index (χ4n) is 1.71. The average molecular weight is 348 g/mol. The van der Waals surface area contributed by atoms with Crippen LogP contribution in [-0.4, -0.2) is 36.7 Å². The molecule has 2 aromatic rings. The average Bonchev–Trinajstić information content (AvgIpc) is 2.81. The van der Waals surface area contributed by atoms with E-state index in [1.165, 1.54) is 23.2 Å². The molecule has 96 valence electrons. The second-order valence-corrected chi connectivity index (χ2v) is 5.65. The Morgan fingerprint density at radius 3 is 2.72 bits per heavy atom. The van der Waals surface area contributed by atoms with Crippen molar-refractivity contribution in [3.8, 4) is 0 Å². The van der Waals surface area contributed by atoms with Crippen LogP contribution in [-0.2, 0) is 12.1 Å². The Labute approximate surface area is 123 Å². The van der Waals surface area contributed by atoms with E-state index in [2.05, 4.69) is 10.1 Å². The van der Waals surface area contributed by atoms with Crippen LogP contribution in [0, 0.1) is 0 Å². The molecule has 1 aromatic carbocycles. The SMILES string of the molecule is OC(C[AsH2])(Cn1cncn1)c1ccc(Cl)cc1Cl. The summed E-state index contributed by atoms with van der Waals surface area (Å²) in [5, 5.41) is 16.3. The zero-order valence-electron chi connectivity index (χ0n) is 9.42. The maximum absolute atomic E-state index is 10.7. The van der Waals surface area contributed by atoms with Crippen molar-refractivity contribution in [3.05, 3.63) is 46.5 Å². The number of nitrogens with zero attached hydrogens (tertiary/aromatic N) is 3. The van der Waals surface area contributed by atoms with Crippen molar-refractivity contribution >= 4 is 40.1 Å². The molecule has 2 rings (SSSR count). The molecule has 0 spiro atoms. The summed E-state index contributed by atoms with van der Waals surface area (Å²) in [7, 11) is 0. The van der Waals surface area contributed by atoms with Crippen molar-refractivity contribution in [2.24, 2.45) is 0 Å². The van der Waals surface area contributed by atoms with Gasteiger partial charge >= 0.3 is 124 Å². The number of rotatable bonds is 4. The zero-order valence-corrected chi connectivity index (χ0v) is 13.4. The van der Waals surface area contributed by atoms with Gasteiger partial charge in [0.2, 0.25) is 0 Å². The summed E-state index contributed by atoms with van der Waals surface area (Å²) in [4.78, 5) is 3.86. The topological polar surface area (TPSA) is 50.9 Å². The summed E-state index contributed by atoms with van der Waals surface area (Å²) in [5.41, 5.74) is -0.400. The summed E-state index contributed by atoms with van der Waals surface area (Å²) in [6.07, 6.45) is 3.00. The Morgan fingerprint density at radius 1 is 1.39 bits per heavy atom. The number of halogens is 2. The third-order valence-corrected chi connectivity index (χ3v) is 4.63. The summed E-state index contributed by atoms with van der Waals surface area (Å²) < 4.78 is 1.59. The molecule has 4 nitrogen and oxygen atoms in total. The first-order chi connectivity index (χ1) is 8.55. The molecule has 2 atom stereocenters. The summed E-state index contributed by atoms with van der Waals surface area (Å²) in [6.45, 7) is 0.312. The maximum atomic E-state index is 10.7. The Morgan fingerprint density at radius 2 is 2.17 bits per heavy atom. The van der Waals surface area contributed by atoms with Crippen LogP contribution in [0.3, 0.4) is 0 Å². The van der Waals surface area contributed by atoms with Gasteiger partial charge in [-0.2, -0.15) is 0 Å². The van der Waals surface area contributed by atoms with E-state index in [0.29, 0.717) is 27.4 Å². The van der Waals surface area contributed by atoms with Gasteiger partial charge in [0.05, 0.1) is 0 Å². The van der Waals surface area contributed by atoms with E-state index >= 15 is 0 Å².